The van der Waals surface area contributed by atoms with E-state index in [1.54, 1.807) is 6.92 Å². The average molecular weight is 435 g/mol. The van der Waals surface area contributed by atoms with Gasteiger partial charge in [0, 0.05) is 22.2 Å². The molecule has 1 atom stereocenters. The molecule has 1 aromatic carbocycles. The molecular formula is C20H23BrN2O4. The van der Waals surface area contributed by atoms with Crippen LogP contribution in [0.4, 0.5) is 0 Å². The minimum absolute atomic E-state index is 0.154. The molecule has 1 amide bonds. The highest BCUT2D eigenvalue weighted by atomic mass is 79.9. The van der Waals surface area contributed by atoms with Gasteiger partial charge < -0.3 is 19.8 Å². The molecule has 6 nitrogen and oxygen atoms in total. The van der Waals surface area contributed by atoms with E-state index < -0.39 is 5.97 Å². The number of methoxy groups -OCH3 is 1. The van der Waals surface area contributed by atoms with E-state index >= 15 is 0 Å². The van der Waals surface area contributed by atoms with E-state index in [0.717, 1.165) is 22.2 Å². The highest BCUT2D eigenvalue weighted by Crippen LogP contribution is 2.34. The van der Waals surface area contributed by atoms with Crippen LogP contribution in [0, 0.1) is 6.92 Å². The molecule has 0 spiro atoms. The Morgan fingerprint density at radius 1 is 1.41 bits per heavy atom. The molecule has 0 radical (unpaired) electrons. The first-order valence-corrected chi connectivity index (χ1v) is 9.78. The van der Waals surface area contributed by atoms with Gasteiger partial charge in [0.2, 0.25) is 0 Å². The number of halogens is 1. The summed E-state index contributed by atoms with van der Waals surface area (Å²) in [7, 11) is 1.35. The summed E-state index contributed by atoms with van der Waals surface area (Å²) in [6.07, 6.45) is 2.11. The Hall–Kier alpha value is -2.28. The van der Waals surface area contributed by atoms with Crippen LogP contribution in [0.25, 0.3) is 0 Å². The number of hydrogen-bond acceptors (Lipinski definition) is 4. The average Bonchev–Trinajstić information content (AvgIpc) is 2.98. The van der Waals surface area contributed by atoms with Gasteiger partial charge in [-0.2, -0.15) is 0 Å². The number of aromatic amines is 1. The summed E-state index contributed by atoms with van der Waals surface area (Å²) >= 11 is 3.47. The highest BCUT2D eigenvalue weighted by Gasteiger charge is 2.28. The molecule has 1 unspecified atom stereocenters. The van der Waals surface area contributed by atoms with Crippen molar-refractivity contribution in [3.05, 3.63) is 50.8 Å². The summed E-state index contributed by atoms with van der Waals surface area (Å²) in [5.41, 5.74) is 3.18. The number of aromatic nitrogens is 1. The van der Waals surface area contributed by atoms with Crippen molar-refractivity contribution in [2.75, 3.05) is 13.7 Å². The smallest absolute Gasteiger partial charge is 0.339 e. The zero-order valence-corrected chi connectivity index (χ0v) is 17.2. The van der Waals surface area contributed by atoms with Gasteiger partial charge >= 0.3 is 5.97 Å². The van der Waals surface area contributed by atoms with Crippen molar-refractivity contribution in [3.63, 3.8) is 0 Å². The van der Waals surface area contributed by atoms with Crippen LogP contribution in [0.1, 0.15) is 63.5 Å². The first-order valence-electron chi connectivity index (χ1n) is 8.99. The van der Waals surface area contributed by atoms with Crippen LogP contribution in [-0.2, 0) is 11.2 Å². The minimum atomic E-state index is -0.424. The number of aryl methyl sites for hydroxylation is 1. The second kappa shape index (κ2) is 8.17. The molecule has 7 heteroatoms. The minimum Gasteiger partial charge on any atom is -0.493 e. The Balaban J connectivity index is 1.92. The van der Waals surface area contributed by atoms with Crippen LogP contribution in [0.5, 0.6) is 5.75 Å². The summed E-state index contributed by atoms with van der Waals surface area (Å²) in [5, 5.41) is 3.09. The fourth-order valence-electron chi connectivity index (χ4n) is 3.49. The molecule has 1 aliphatic rings. The Bertz CT molecular complexity index is 875. The molecule has 2 N–H and O–H groups in total. The van der Waals surface area contributed by atoms with Crippen molar-refractivity contribution < 1.29 is 19.1 Å². The molecule has 3 rings (SSSR count). The van der Waals surface area contributed by atoms with Gasteiger partial charge in [0.05, 0.1) is 25.3 Å². The number of rotatable bonds is 5. The molecule has 27 heavy (non-hydrogen) atoms. The standard InChI is InChI=1S/C20H23BrN2O4/c1-4-5-13-17(20(25)26-3)11(2)22-18(13)19(24)23-15-8-9-27-16-7-6-12(21)10-14(15)16/h6-7,10,15,22H,4-5,8-9H2,1-3H3,(H,23,24). The number of carbonyl (C=O) groups excluding carboxylic acids is 2. The molecule has 1 aromatic heterocycles. The Labute approximate surface area is 166 Å². The number of H-pyrrole nitrogens is 1. The number of hydrogen-bond donors (Lipinski definition) is 2. The Kier molecular flexibility index (Phi) is 5.89. The number of amides is 1. The molecule has 2 heterocycles. The third kappa shape index (κ3) is 3.88. The molecular weight excluding hydrogens is 412 g/mol. The van der Waals surface area contributed by atoms with Gasteiger partial charge in [-0.3, -0.25) is 4.79 Å². The first kappa shape index (κ1) is 19.5. The second-order valence-corrected chi connectivity index (χ2v) is 7.48. The predicted octanol–water partition coefficient (Wildman–Crippen LogP) is 4.08. The fraction of sp³-hybridized carbons (Fsp3) is 0.400. The lowest BCUT2D eigenvalue weighted by Crippen LogP contribution is -2.33. The number of esters is 1. The molecule has 1 aliphatic heterocycles. The number of benzene rings is 1. The lowest BCUT2D eigenvalue weighted by molar-refractivity contribution is 0.0599. The van der Waals surface area contributed by atoms with E-state index in [1.165, 1.54) is 7.11 Å². The molecule has 144 valence electrons. The molecule has 2 aromatic rings. The zero-order chi connectivity index (χ0) is 19.6. The van der Waals surface area contributed by atoms with E-state index in [0.29, 0.717) is 42.0 Å². The lowest BCUT2D eigenvalue weighted by atomic mass is 9.99. The van der Waals surface area contributed by atoms with Gasteiger partial charge in [0.1, 0.15) is 11.4 Å². The molecule has 0 bridgehead atoms. The van der Waals surface area contributed by atoms with E-state index in [9.17, 15) is 9.59 Å². The van der Waals surface area contributed by atoms with Crippen molar-refractivity contribution in [3.8, 4) is 5.75 Å². The van der Waals surface area contributed by atoms with Crippen LogP contribution >= 0.6 is 15.9 Å². The monoisotopic (exact) mass is 434 g/mol. The molecule has 0 fully saturated rings. The summed E-state index contributed by atoms with van der Waals surface area (Å²) in [5.74, 6) is 0.127. The van der Waals surface area contributed by atoms with Crippen molar-refractivity contribution in [1.29, 1.82) is 0 Å². The zero-order valence-electron chi connectivity index (χ0n) is 15.6. The van der Waals surface area contributed by atoms with Crippen LogP contribution in [-0.4, -0.2) is 30.6 Å². The maximum atomic E-state index is 13.0. The largest absolute Gasteiger partial charge is 0.493 e. The molecule has 0 saturated carbocycles. The van der Waals surface area contributed by atoms with Crippen molar-refractivity contribution in [2.24, 2.45) is 0 Å². The number of fused-ring (bicyclic) bond motifs is 1. The van der Waals surface area contributed by atoms with Crippen LogP contribution < -0.4 is 10.1 Å². The number of ether oxygens (including phenoxy) is 2. The topological polar surface area (TPSA) is 80.4 Å². The van der Waals surface area contributed by atoms with E-state index in [2.05, 4.69) is 26.2 Å². The van der Waals surface area contributed by atoms with Gasteiger partial charge in [-0.05, 0) is 37.1 Å². The third-order valence-corrected chi connectivity index (χ3v) is 5.22. The van der Waals surface area contributed by atoms with Crippen molar-refractivity contribution >= 4 is 27.8 Å². The van der Waals surface area contributed by atoms with Crippen LogP contribution in [0.3, 0.4) is 0 Å². The first-order chi connectivity index (χ1) is 13.0. The Morgan fingerprint density at radius 2 is 2.19 bits per heavy atom. The highest BCUT2D eigenvalue weighted by molar-refractivity contribution is 9.10. The van der Waals surface area contributed by atoms with Gasteiger partial charge in [-0.1, -0.05) is 29.3 Å². The van der Waals surface area contributed by atoms with Gasteiger partial charge in [-0.15, -0.1) is 0 Å². The Morgan fingerprint density at radius 3 is 2.89 bits per heavy atom. The number of carbonyl (C=O) groups is 2. The van der Waals surface area contributed by atoms with Crippen molar-refractivity contribution in [1.82, 2.24) is 10.3 Å². The normalized spacial score (nSPS) is 15.6. The van der Waals surface area contributed by atoms with Crippen molar-refractivity contribution in [2.45, 2.75) is 39.2 Å². The van der Waals surface area contributed by atoms with Gasteiger partial charge in [0.15, 0.2) is 0 Å². The van der Waals surface area contributed by atoms with Crippen LogP contribution in [0.15, 0.2) is 22.7 Å². The van der Waals surface area contributed by atoms with E-state index in [1.807, 2.05) is 25.1 Å². The maximum Gasteiger partial charge on any atom is 0.339 e. The summed E-state index contributed by atoms with van der Waals surface area (Å²) in [6, 6.07) is 5.62. The van der Waals surface area contributed by atoms with Crippen LogP contribution in [0.2, 0.25) is 0 Å². The van der Waals surface area contributed by atoms with E-state index in [-0.39, 0.29) is 11.9 Å². The van der Waals surface area contributed by atoms with E-state index in [4.69, 9.17) is 9.47 Å². The summed E-state index contributed by atoms with van der Waals surface area (Å²) in [6.45, 7) is 4.33. The summed E-state index contributed by atoms with van der Waals surface area (Å²) < 4.78 is 11.5. The van der Waals surface area contributed by atoms with Gasteiger partial charge in [0.25, 0.3) is 5.91 Å². The molecule has 0 saturated heterocycles. The fourth-order valence-corrected chi connectivity index (χ4v) is 3.87. The maximum absolute atomic E-state index is 13.0. The quantitative estimate of drug-likeness (QED) is 0.694. The third-order valence-electron chi connectivity index (χ3n) is 4.72. The molecule has 0 aliphatic carbocycles. The SMILES string of the molecule is CCCc1c(C(=O)NC2CCOc3ccc(Br)cc32)[nH]c(C)c1C(=O)OC. The van der Waals surface area contributed by atoms with Gasteiger partial charge in [-0.25, -0.2) is 4.79 Å². The summed E-state index contributed by atoms with van der Waals surface area (Å²) in [4.78, 5) is 28.3. The lowest BCUT2D eigenvalue weighted by Gasteiger charge is -2.27. The predicted molar refractivity (Wildman–Crippen MR) is 105 cm³/mol. The number of nitrogens with one attached hydrogen (secondary N) is 2. The second-order valence-electron chi connectivity index (χ2n) is 6.57.